The SMILES string of the molecule is CS(=O)(=NC(=O)Nc1ccc(C(F)(F)F)cc1)c1ccc(Cl)cc1. The van der Waals surface area contributed by atoms with Crippen LogP contribution in [0.5, 0.6) is 0 Å². The van der Waals surface area contributed by atoms with Crippen molar-refractivity contribution >= 4 is 33.0 Å². The summed E-state index contributed by atoms with van der Waals surface area (Å²) in [7, 11) is -3.00. The van der Waals surface area contributed by atoms with E-state index in [0.29, 0.717) is 9.92 Å². The zero-order valence-corrected chi connectivity index (χ0v) is 13.9. The lowest BCUT2D eigenvalue weighted by Crippen LogP contribution is -2.11. The molecular formula is C15H12ClF3N2O2S. The van der Waals surface area contributed by atoms with Gasteiger partial charge in [-0.25, -0.2) is 9.00 Å². The molecule has 1 N–H and O–H groups in total. The van der Waals surface area contributed by atoms with Crippen molar-refractivity contribution in [3.63, 3.8) is 0 Å². The zero-order chi connectivity index (χ0) is 18.0. The Kier molecular flexibility index (Phi) is 5.19. The second kappa shape index (κ2) is 6.82. The molecule has 0 aromatic heterocycles. The maximum atomic E-state index is 12.5. The van der Waals surface area contributed by atoms with Crippen LogP contribution in [0.3, 0.4) is 0 Å². The normalized spacial score (nSPS) is 13.9. The second-order valence-electron chi connectivity index (χ2n) is 4.85. The Labute approximate surface area is 141 Å². The van der Waals surface area contributed by atoms with E-state index in [2.05, 4.69) is 9.68 Å². The lowest BCUT2D eigenvalue weighted by Gasteiger charge is -2.08. The van der Waals surface area contributed by atoms with E-state index in [-0.39, 0.29) is 5.69 Å². The van der Waals surface area contributed by atoms with Gasteiger partial charge < -0.3 is 5.32 Å². The summed E-state index contributed by atoms with van der Waals surface area (Å²) in [6.45, 7) is 0. The first-order valence-corrected chi connectivity index (χ1v) is 8.84. The molecule has 2 aromatic carbocycles. The average Bonchev–Trinajstić information content (AvgIpc) is 2.46. The fraction of sp³-hybridized carbons (Fsp3) is 0.133. The molecule has 0 bridgehead atoms. The number of alkyl halides is 3. The van der Waals surface area contributed by atoms with Crippen LogP contribution in [0.15, 0.2) is 57.8 Å². The molecule has 2 rings (SSSR count). The summed E-state index contributed by atoms with van der Waals surface area (Å²) in [5.41, 5.74) is -0.721. The van der Waals surface area contributed by atoms with Crippen molar-refractivity contribution in [2.24, 2.45) is 4.36 Å². The third-order valence-electron chi connectivity index (χ3n) is 2.97. The molecule has 1 unspecified atom stereocenters. The van der Waals surface area contributed by atoms with Crippen molar-refractivity contribution in [1.82, 2.24) is 0 Å². The molecule has 0 aliphatic heterocycles. The van der Waals surface area contributed by atoms with Crippen molar-refractivity contribution in [3.05, 3.63) is 59.1 Å². The first-order valence-electron chi connectivity index (χ1n) is 6.54. The number of amides is 2. The van der Waals surface area contributed by atoms with Gasteiger partial charge in [0.25, 0.3) is 0 Å². The van der Waals surface area contributed by atoms with Crippen LogP contribution in [0, 0.1) is 0 Å². The zero-order valence-electron chi connectivity index (χ0n) is 12.3. The summed E-state index contributed by atoms with van der Waals surface area (Å²) in [5.74, 6) is 0. The molecule has 0 saturated carbocycles. The van der Waals surface area contributed by atoms with E-state index in [1.807, 2.05) is 0 Å². The Morgan fingerprint density at radius 2 is 1.62 bits per heavy atom. The number of benzene rings is 2. The van der Waals surface area contributed by atoms with Crippen LogP contribution >= 0.6 is 11.6 Å². The highest BCUT2D eigenvalue weighted by molar-refractivity contribution is 7.93. The Morgan fingerprint density at radius 3 is 2.12 bits per heavy atom. The molecule has 0 aliphatic carbocycles. The van der Waals surface area contributed by atoms with E-state index in [1.165, 1.54) is 30.5 Å². The minimum atomic E-state index is -4.46. The van der Waals surface area contributed by atoms with Gasteiger partial charge in [0.1, 0.15) is 0 Å². The molecule has 4 nitrogen and oxygen atoms in total. The van der Waals surface area contributed by atoms with Crippen molar-refractivity contribution in [1.29, 1.82) is 0 Å². The molecule has 0 spiro atoms. The van der Waals surface area contributed by atoms with Gasteiger partial charge in [-0.1, -0.05) is 11.6 Å². The van der Waals surface area contributed by atoms with E-state index in [4.69, 9.17) is 11.6 Å². The summed E-state index contributed by atoms with van der Waals surface area (Å²) in [6.07, 6.45) is -3.18. The van der Waals surface area contributed by atoms with Crippen molar-refractivity contribution < 1.29 is 22.2 Å². The minimum absolute atomic E-state index is 0.114. The third kappa shape index (κ3) is 4.72. The van der Waals surface area contributed by atoms with Crippen molar-refractivity contribution in [2.75, 3.05) is 11.6 Å². The van der Waals surface area contributed by atoms with Crippen LogP contribution in [-0.2, 0) is 15.9 Å². The summed E-state index contributed by atoms with van der Waals surface area (Å²) in [4.78, 5) is 12.2. The molecule has 9 heteroatoms. The van der Waals surface area contributed by atoms with E-state index >= 15 is 0 Å². The van der Waals surface area contributed by atoms with Gasteiger partial charge in [0.2, 0.25) is 0 Å². The fourth-order valence-electron chi connectivity index (χ4n) is 1.79. The smallest absolute Gasteiger partial charge is 0.306 e. The van der Waals surface area contributed by atoms with Gasteiger partial charge >= 0.3 is 12.2 Å². The van der Waals surface area contributed by atoms with Gasteiger partial charge in [0.15, 0.2) is 0 Å². The molecule has 1 atom stereocenters. The van der Waals surface area contributed by atoms with E-state index in [1.54, 1.807) is 0 Å². The van der Waals surface area contributed by atoms with Gasteiger partial charge in [0, 0.05) is 21.9 Å². The first kappa shape index (κ1) is 18.3. The van der Waals surface area contributed by atoms with Crippen LogP contribution in [0.1, 0.15) is 5.56 Å². The third-order valence-corrected chi connectivity index (χ3v) is 4.88. The maximum Gasteiger partial charge on any atom is 0.416 e. The number of carbonyl (C=O) groups excluding carboxylic acids is 1. The summed E-state index contributed by atoms with van der Waals surface area (Å²) < 4.78 is 53.5. The van der Waals surface area contributed by atoms with Crippen LogP contribution in [0.4, 0.5) is 23.7 Å². The Morgan fingerprint density at radius 1 is 1.08 bits per heavy atom. The number of nitrogens with zero attached hydrogens (tertiary/aromatic N) is 1. The quantitative estimate of drug-likeness (QED) is 0.797. The van der Waals surface area contributed by atoms with Crippen LogP contribution in [-0.4, -0.2) is 16.5 Å². The van der Waals surface area contributed by atoms with Crippen molar-refractivity contribution in [3.8, 4) is 0 Å². The Hall–Kier alpha value is -2.06. The molecule has 0 saturated heterocycles. The number of urea groups is 1. The Bertz CT molecular complexity index is 856. The van der Waals surface area contributed by atoms with Crippen LogP contribution < -0.4 is 5.32 Å². The van der Waals surface area contributed by atoms with Gasteiger partial charge in [-0.3, -0.25) is 0 Å². The monoisotopic (exact) mass is 376 g/mol. The summed E-state index contributed by atoms with van der Waals surface area (Å²) >= 11 is 5.74. The van der Waals surface area contributed by atoms with Gasteiger partial charge in [-0.2, -0.15) is 13.2 Å². The standard InChI is InChI=1S/C15H12ClF3N2O2S/c1-24(23,13-8-4-11(16)5-9-13)21-14(22)20-12-6-2-10(3-7-12)15(17,18)19/h2-9H,1H3,(H,20,22). The van der Waals surface area contributed by atoms with Gasteiger partial charge in [-0.05, 0) is 48.5 Å². The molecule has 2 aromatic rings. The highest BCUT2D eigenvalue weighted by Crippen LogP contribution is 2.29. The lowest BCUT2D eigenvalue weighted by molar-refractivity contribution is -0.137. The molecule has 0 radical (unpaired) electrons. The number of rotatable bonds is 2. The van der Waals surface area contributed by atoms with E-state index in [9.17, 15) is 22.2 Å². The van der Waals surface area contributed by atoms with Crippen LogP contribution in [0.25, 0.3) is 0 Å². The summed E-state index contributed by atoms with van der Waals surface area (Å²) in [5, 5.41) is 2.73. The molecule has 2 amide bonds. The Balaban J connectivity index is 2.17. The lowest BCUT2D eigenvalue weighted by atomic mass is 10.2. The number of carbonyl (C=O) groups is 1. The second-order valence-corrected chi connectivity index (χ2v) is 7.55. The average molecular weight is 377 g/mol. The highest BCUT2D eigenvalue weighted by atomic mass is 35.5. The van der Waals surface area contributed by atoms with Crippen LogP contribution in [0.2, 0.25) is 5.02 Å². The number of nitrogens with one attached hydrogen (secondary N) is 1. The number of hydrogen-bond donors (Lipinski definition) is 1. The van der Waals surface area contributed by atoms with Gasteiger partial charge in [-0.15, -0.1) is 4.36 Å². The molecule has 0 fully saturated rings. The predicted molar refractivity (Wildman–Crippen MR) is 86.7 cm³/mol. The molecule has 128 valence electrons. The first-order chi connectivity index (χ1) is 11.1. The number of hydrogen-bond acceptors (Lipinski definition) is 2. The maximum absolute atomic E-state index is 12.5. The molecule has 0 aliphatic rings. The van der Waals surface area contributed by atoms with Gasteiger partial charge in [0.05, 0.1) is 15.3 Å². The summed E-state index contributed by atoms with van der Waals surface area (Å²) in [6, 6.07) is 8.94. The number of halogens is 4. The predicted octanol–water partition coefficient (Wildman–Crippen LogP) is 5.05. The minimum Gasteiger partial charge on any atom is -0.306 e. The fourth-order valence-corrected chi connectivity index (χ4v) is 3.02. The van der Waals surface area contributed by atoms with Crippen molar-refractivity contribution in [2.45, 2.75) is 11.1 Å². The molecular weight excluding hydrogens is 365 g/mol. The topological polar surface area (TPSA) is 58.5 Å². The number of anilines is 1. The van der Waals surface area contributed by atoms with E-state index in [0.717, 1.165) is 24.3 Å². The van der Waals surface area contributed by atoms with E-state index < -0.39 is 27.5 Å². The largest absolute Gasteiger partial charge is 0.416 e. The molecule has 24 heavy (non-hydrogen) atoms. The molecule has 0 heterocycles. The highest BCUT2D eigenvalue weighted by Gasteiger charge is 2.29.